The van der Waals surface area contributed by atoms with Crippen LogP contribution in [0.15, 0.2) is 42.5 Å². The summed E-state index contributed by atoms with van der Waals surface area (Å²) in [6.45, 7) is 1.64. The fourth-order valence-corrected chi connectivity index (χ4v) is 3.40. The fraction of sp³-hybridized carbons (Fsp3) is 0.167. The molecule has 0 bridgehead atoms. The van der Waals surface area contributed by atoms with Crippen LogP contribution in [-0.2, 0) is 26.0 Å². The maximum absolute atomic E-state index is 14.2. The van der Waals surface area contributed by atoms with E-state index in [2.05, 4.69) is 0 Å². The van der Waals surface area contributed by atoms with Crippen molar-refractivity contribution in [2.24, 2.45) is 0 Å². The molecule has 1 atom stereocenters. The van der Waals surface area contributed by atoms with Gasteiger partial charge in [-0.05, 0) is 36.2 Å². The van der Waals surface area contributed by atoms with Crippen molar-refractivity contribution in [2.45, 2.75) is 18.8 Å². The van der Waals surface area contributed by atoms with Crippen molar-refractivity contribution < 1.29 is 26.7 Å². The number of carbonyl (C=O) groups is 1. The van der Waals surface area contributed by atoms with Gasteiger partial charge in [0, 0.05) is 11.1 Å². The molecular weight excluding hydrogens is 350 g/mol. The molecule has 0 N–H and O–H groups in total. The molecule has 1 aliphatic heterocycles. The van der Waals surface area contributed by atoms with Crippen LogP contribution in [-0.4, -0.2) is 20.5 Å². The Balaban J connectivity index is 2.14. The van der Waals surface area contributed by atoms with Crippen molar-refractivity contribution in [2.75, 3.05) is 0 Å². The summed E-state index contributed by atoms with van der Waals surface area (Å²) < 4.78 is 54.5. The van der Waals surface area contributed by atoms with E-state index >= 15 is 0 Å². The Hall–Kier alpha value is -2.54. The molecular formula is C18H14F2O4S. The van der Waals surface area contributed by atoms with Crippen LogP contribution in [0.2, 0.25) is 0 Å². The zero-order valence-corrected chi connectivity index (χ0v) is 14.1. The lowest BCUT2D eigenvalue weighted by Crippen LogP contribution is -2.06. The van der Waals surface area contributed by atoms with Gasteiger partial charge in [-0.15, -0.1) is 0 Å². The maximum atomic E-state index is 14.2. The van der Waals surface area contributed by atoms with Gasteiger partial charge in [0.1, 0.15) is 28.4 Å². The van der Waals surface area contributed by atoms with Crippen LogP contribution in [0.25, 0.3) is 11.1 Å². The Morgan fingerprint density at radius 3 is 2.48 bits per heavy atom. The molecule has 1 aliphatic rings. The normalized spacial score (nSPS) is 17.3. The summed E-state index contributed by atoms with van der Waals surface area (Å²) >= 11 is 0. The molecule has 0 saturated heterocycles. The van der Waals surface area contributed by atoms with Crippen LogP contribution in [0.1, 0.15) is 23.6 Å². The average molecular weight is 364 g/mol. The third-order valence-corrected chi connectivity index (χ3v) is 4.54. The Morgan fingerprint density at radius 1 is 1.08 bits per heavy atom. The number of ether oxygens (including phenoxy) is 1. The van der Waals surface area contributed by atoms with Gasteiger partial charge in [0.05, 0.1) is 11.3 Å². The van der Waals surface area contributed by atoms with Gasteiger partial charge in [-0.1, -0.05) is 24.3 Å². The topological polar surface area (TPSA) is 60.4 Å². The summed E-state index contributed by atoms with van der Waals surface area (Å²) in [5, 5.41) is 0. The van der Waals surface area contributed by atoms with Gasteiger partial charge in [-0.25, -0.2) is 22.0 Å². The minimum absolute atomic E-state index is 0.0469. The van der Waals surface area contributed by atoms with Crippen molar-refractivity contribution in [3.63, 3.8) is 0 Å². The molecule has 0 spiro atoms. The Morgan fingerprint density at radius 2 is 1.84 bits per heavy atom. The maximum Gasteiger partial charge on any atom is 0.339 e. The number of carbonyl (C=O) groups excluding carboxylic acids is 1. The van der Waals surface area contributed by atoms with E-state index in [4.69, 9.17) is 4.74 Å². The number of benzene rings is 2. The Kier molecular flexibility index (Phi) is 4.67. The van der Waals surface area contributed by atoms with Gasteiger partial charge in [0.2, 0.25) is 0 Å². The highest BCUT2D eigenvalue weighted by atomic mass is 32.2. The van der Waals surface area contributed by atoms with Crippen LogP contribution in [0.4, 0.5) is 8.78 Å². The predicted octanol–water partition coefficient (Wildman–Crippen LogP) is 2.93. The van der Waals surface area contributed by atoms with Crippen LogP contribution in [0, 0.1) is 11.6 Å². The molecule has 0 saturated carbocycles. The summed E-state index contributed by atoms with van der Waals surface area (Å²) in [6, 6.07) is 9.57. The second kappa shape index (κ2) is 6.76. The number of cyclic esters (lactones) is 1. The molecule has 2 aromatic rings. The van der Waals surface area contributed by atoms with Crippen molar-refractivity contribution in [1.29, 1.82) is 0 Å². The summed E-state index contributed by atoms with van der Waals surface area (Å²) in [7, 11) is -2.75. The van der Waals surface area contributed by atoms with E-state index in [1.54, 1.807) is 13.0 Å². The molecule has 4 nitrogen and oxygen atoms in total. The third kappa shape index (κ3) is 3.46. The van der Waals surface area contributed by atoms with Crippen molar-refractivity contribution >= 4 is 27.8 Å². The fourth-order valence-electron chi connectivity index (χ4n) is 2.87. The van der Waals surface area contributed by atoms with E-state index in [1.807, 2.05) is 0 Å². The third-order valence-electron chi connectivity index (χ3n) is 3.94. The Labute approximate surface area is 144 Å². The molecule has 0 aromatic heterocycles. The first kappa shape index (κ1) is 17.3. The van der Waals surface area contributed by atoms with Crippen LogP contribution < -0.4 is 0 Å². The molecule has 7 heteroatoms. The molecule has 130 valence electrons. The van der Waals surface area contributed by atoms with Crippen molar-refractivity contribution in [3.8, 4) is 0 Å². The van der Waals surface area contributed by atoms with Gasteiger partial charge in [-0.3, -0.25) is 0 Å². The monoisotopic (exact) mass is 364 g/mol. The summed E-state index contributed by atoms with van der Waals surface area (Å²) in [5.41, 5.74) is 1.39. The van der Waals surface area contributed by atoms with Crippen LogP contribution >= 0.6 is 0 Å². The number of esters is 1. The SMILES string of the molecule is CC1OC(=O)C(c2cccc(F)c2)=C1c1ccc(C[SH](=O)=O)c(F)c1. The second-order valence-electron chi connectivity index (χ2n) is 5.64. The van der Waals surface area contributed by atoms with Gasteiger partial charge >= 0.3 is 5.97 Å². The van der Waals surface area contributed by atoms with E-state index in [0.29, 0.717) is 16.7 Å². The minimum Gasteiger partial charge on any atom is -0.454 e. The lowest BCUT2D eigenvalue weighted by Gasteiger charge is -2.11. The minimum atomic E-state index is -2.75. The van der Waals surface area contributed by atoms with E-state index in [9.17, 15) is 22.0 Å². The molecule has 1 heterocycles. The predicted molar refractivity (Wildman–Crippen MR) is 89.2 cm³/mol. The number of hydrogen-bond donors (Lipinski definition) is 1. The van der Waals surface area contributed by atoms with E-state index in [0.717, 1.165) is 0 Å². The second-order valence-corrected chi connectivity index (χ2v) is 6.63. The lowest BCUT2D eigenvalue weighted by molar-refractivity contribution is -0.136. The first-order valence-electron chi connectivity index (χ1n) is 7.48. The molecule has 0 amide bonds. The van der Waals surface area contributed by atoms with Gasteiger partial charge < -0.3 is 4.74 Å². The van der Waals surface area contributed by atoms with Gasteiger partial charge in [-0.2, -0.15) is 0 Å². The smallest absolute Gasteiger partial charge is 0.339 e. The number of rotatable bonds is 4. The molecule has 25 heavy (non-hydrogen) atoms. The van der Waals surface area contributed by atoms with Crippen LogP contribution in [0.3, 0.4) is 0 Å². The zero-order chi connectivity index (χ0) is 18.1. The zero-order valence-electron chi connectivity index (χ0n) is 13.2. The molecule has 3 rings (SSSR count). The standard InChI is InChI=1S/C18H14F2O4S/c1-10-16(12-5-6-13(9-25(22)23)15(20)8-12)17(18(21)24-10)11-3-2-4-14(19)7-11/h2-8,10,25H,9H2,1H3. The summed E-state index contributed by atoms with van der Waals surface area (Å²) in [6.07, 6.45) is -0.632. The quantitative estimate of drug-likeness (QED) is 0.669. The highest BCUT2D eigenvalue weighted by Crippen LogP contribution is 2.37. The van der Waals surface area contributed by atoms with E-state index in [-0.39, 0.29) is 11.1 Å². The van der Waals surface area contributed by atoms with Gasteiger partial charge in [0.25, 0.3) is 0 Å². The van der Waals surface area contributed by atoms with E-state index in [1.165, 1.54) is 36.4 Å². The van der Waals surface area contributed by atoms with Gasteiger partial charge in [0.15, 0.2) is 0 Å². The molecule has 0 aliphatic carbocycles. The molecule has 2 aromatic carbocycles. The van der Waals surface area contributed by atoms with Crippen molar-refractivity contribution in [1.82, 2.24) is 0 Å². The lowest BCUT2D eigenvalue weighted by atomic mass is 9.93. The number of halogens is 2. The largest absolute Gasteiger partial charge is 0.454 e. The number of hydrogen-bond acceptors (Lipinski definition) is 4. The summed E-state index contributed by atoms with van der Waals surface area (Å²) in [5.74, 6) is -2.20. The highest BCUT2D eigenvalue weighted by molar-refractivity contribution is 7.71. The first-order valence-corrected chi connectivity index (χ1v) is 8.85. The van der Waals surface area contributed by atoms with E-state index < -0.39 is 40.2 Å². The molecule has 0 fully saturated rings. The van der Waals surface area contributed by atoms with Crippen molar-refractivity contribution in [3.05, 3.63) is 70.8 Å². The highest BCUT2D eigenvalue weighted by Gasteiger charge is 2.33. The first-order chi connectivity index (χ1) is 11.9. The average Bonchev–Trinajstić information content (AvgIpc) is 2.83. The molecule has 0 radical (unpaired) electrons. The Bertz CT molecular complexity index is 955. The summed E-state index contributed by atoms with van der Waals surface area (Å²) in [4.78, 5) is 12.2. The molecule has 1 unspecified atom stereocenters. The number of thiol groups is 1. The van der Waals surface area contributed by atoms with Crippen LogP contribution in [0.5, 0.6) is 0 Å².